The van der Waals surface area contributed by atoms with Gasteiger partial charge in [-0.2, -0.15) is 0 Å². The van der Waals surface area contributed by atoms with Gasteiger partial charge in [-0.05, 0) is 30.7 Å². The van der Waals surface area contributed by atoms with Crippen LogP contribution in [-0.4, -0.2) is 10.5 Å². The predicted octanol–water partition coefficient (Wildman–Crippen LogP) is 1.31. The van der Waals surface area contributed by atoms with Crippen LogP contribution in [0.3, 0.4) is 0 Å². The molecule has 0 fully saturated rings. The summed E-state index contributed by atoms with van der Waals surface area (Å²) < 4.78 is 11.0. The molecule has 1 unspecified atom stereocenters. The zero-order valence-corrected chi connectivity index (χ0v) is 7.44. The molecule has 0 heterocycles. The molecular formula is C8H11NOS. The first-order chi connectivity index (χ1) is 5.11. The van der Waals surface area contributed by atoms with E-state index in [1.165, 1.54) is 0 Å². The number of anilines is 1. The number of hydrogen-bond donors (Lipinski definition) is 1. The Kier molecular flexibility index (Phi) is 2.29. The monoisotopic (exact) mass is 169 g/mol. The van der Waals surface area contributed by atoms with Gasteiger partial charge < -0.3 is 5.73 Å². The largest absolute Gasteiger partial charge is 0.399 e. The molecule has 2 nitrogen and oxygen atoms in total. The molecular weight excluding hydrogens is 158 g/mol. The van der Waals surface area contributed by atoms with Gasteiger partial charge in [-0.25, -0.2) is 0 Å². The summed E-state index contributed by atoms with van der Waals surface area (Å²) in [6.45, 7) is 1.91. The van der Waals surface area contributed by atoms with E-state index in [1.807, 2.05) is 13.0 Å². The standard InChI is InChI=1S/C8H11NOS/c1-6-5-7(9)3-4-8(6)11(2)10/h3-5H,9H2,1-2H3. The van der Waals surface area contributed by atoms with Gasteiger partial charge >= 0.3 is 0 Å². The lowest BCUT2D eigenvalue weighted by atomic mass is 10.2. The molecule has 11 heavy (non-hydrogen) atoms. The minimum absolute atomic E-state index is 0.719. The van der Waals surface area contributed by atoms with Crippen molar-refractivity contribution in [3.63, 3.8) is 0 Å². The Balaban J connectivity index is 3.20. The van der Waals surface area contributed by atoms with E-state index in [9.17, 15) is 4.21 Å². The quantitative estimate of drug-likeness (QED) is 0.644. The molecule has 1 aromatic rings. The molecule has 1 rings (SSSR count). The average Bonchev–Trinajstić information content (AvgIpc) is 1.85. The number of nitrogens with two attached hydrogens (primary N) is 1. The molecule has 60 valence electrons. The van der Waals surface area contributed by atoms with Crippen LogP contribution in [0.1, 0.15) is 5.56 Å². The molecule has 0 bridgehead atoms. The van der Waals surface area contributed by atoms with Crippen molar-refractivity contribution in [3.05, 3.63) is 23.8 Å². The number of rotatable bonds is 1. The van der Waals surface area contributed by atoms with Crippen LogP contribution < -0.4 is 5.73 Å². The lowest BCUT2D eigenvalue weighted by Gasteiger charge is -2.01. The smallest absolute Gasteiger partial charge is 0.0500 e. The fourth-order valence-electron chi connectivity index (χ4n) is 0.995. The number of hydrogen-bond acceptors (Lipinski definition) is 2. The van der Waals surface area contributed by atoms with Gasteiger partial charge in [-0.15, -0.1) is 0 Å². The van der Waals surface area contributed by atoms with Crippen molar-refractivity contribution in [3.8, 4) is 0 Å². The normalized spacial score (nSPS) is 12.9. The van der Waals surface area contributed by atoms with E-state index in [0.29, 0.717) is 0 Å². The molecule has 0 radical (unpaired) electrons. The molecule has 0 aliphatic rings. The van der Waals surface area contributed by atoms with Gasteiger partial charge in [0.15, 0.2) is 0 Å². The fourth-order valence-corrected chi connectivity index (χ4v) is 1.77. The summed E-state index contributed by atoms with van der Waals surface area (Å²) in [6.07, 6.45) is 1.67. The average molecular weight is 169 g/mol. The maximum Gasteiger partial charge on any atom is 0.0500 e. The van der Waals surface area contributed by atoms with Crippen LogP contribution in [0.4, 0.5) is 5.69 Å². The van der Waals surface area contributed by atoms with E-state index in [2.05, 4.69) is 0 Å². The van der Waals surface area contributed by atoms with E-state index in [0.717, 1.165) is 16.1 Å². The van der Waals surface area contributed by atoms with Crippen LogP contribution in [-0.2, 0) is 10.8 Å². The molecule has 0 aliphatic heterocycles. The highest BCUT2D eigenvalue weighted by molar-refractivity contribution is 7.84. The minimum Gasteiger partial charge on any atom is -0.399 e. The van der Waals surface area contributed by atoms with Crippen molar-refractivity contribution in [2.24, 2.45) is 0 Å². The van der Waals surface area contributed by atoms with Crippen molar-refractivity contribution >= 4 is 16.5 Å². The van der Waals surface area contributed by atoms with E-state index in [-0.39, 0.29) is 0 Å². The second-order valence-corrected chi connectivity index (χ2v) is 3.83. The van der Waals surface area contributed by atoms with Crippen molar-refractivity contribution in [2.75, 3.05) is 12.0 Å². The Morgan fingerprint density at radius 3 is 2.55 bits per heavy atom. The van der Waals surface area contributed by atoms with Gasteiger partial charge in [-0.3, -0.25) is 4.21 Å². The van der Waals surface area contributed by atoms with E-state index >= 15 is 0 Å². The lowest BCUT2D eigenvalue weighted by molar-refractivity contribution is 0.686. The predicted molar refractivity (Wildman–Crippen MR) is 47.9 cm³/mol. The Morgan fingerprint density at radius 1 is 1.45 bits per heavy atom. The van der Waals surface area contributed by atoms with Gasteiger partial charge in [0.25, 0.3) is 0 Å². The fraction of sp³-hybridized carbons (Fsp3) is 0.250. The Bertz CT molecular complexity index is 296. The first-order valence-corrected chi connectivity index (χ1v) is 4.86. The second kappa shape index (κ2) is 3.05. The SMILES string of the molecule is Cc1cc(N)ccc1S(C)=O. The van der Waals surface area contributed by atoms with Crippen LogP contribution in [0.25, 0.3) is 0 Å². The Hall–Kier alpha value is -0.830. The Morgan fingerprint density at radius 2 is 2.09 bits per heavy atom. The summed E-state index contributed by atoms with van der Waals surface area (Å²) in [7, 11) is -0.904. The molecule has 0 saturated heterocycles. The summed E-state index contributed by atoms with van der Waals surface area (Å²) >= 11 is 0. The first-order valence-electron chi connectivity index (χ1n) is 3.31. The summed E-state index contributed by atoms with van der Waals surface area (Å²) in [5, 5.41) is 0. The van der Waals surface area contributed by atoms with Crippen LogP contribution in [0.2, 0.25) is 0 Å². The first kappa shape index (κ1) is 8.27. The molecule has 0 amide bonds. The maximum absolute atomic E-state index is 11.0. The molecule has 0 aliphatic carbocycles. The zero-order chi connectivity index (χ0) is 8.43. The molecule has 2 N–H and O–H groups in total. The third kappa shape index (κ3) is 1.80. The second-order valence-electron chi connectivity index (χ2n) is 2.48. The van der Waals surface area contributed by atoms with Crippen molar-refractivity contribution in [1.82, 2.24) is 0 Å². The molecule has 3 heteroatoms. The topological polar surface area (TPSA) is 43.1 Å². The van der Waals surface area contributed by atoms with Gasteiger partial charge in [-0.1, -0.05) is 0 Å². The molecule has 0 spiro atoms. The maximum atomic E-state index is 11.0. The number of nitrogen functional groups attached to an aromatic ring is 1. The zero-order valence-electron chi connectivity index (χ0n) is 6.63. The van der Waals surface area contributed by atoms with Gasteiger partial charge in [0.05, 0.1) is 10.8 Å². The van der Waals surface area contributed by atoms with Crippen molar-refractivity contribution in [2.45, 2.75) is 11.8 Å². The van der Waals surface area contributed by atoms with Crippen LogP contribution in [0.5, 0.6) is 0 Å². The number of aryl methyl sites for hydroxylation is 1. The third-order valence-electron chi connectivity index (χ3n) is 1.51. The summed E-state index contributed by atoms with van der Waals surface area (Å²) in [4.78, 5) is 0.860. The van der Waals surface area contributed by atoms with Crippen molar-refractivity contribution < 1.29 is 4.21 Å². The van der Waals surface area contributed by atoms with Gasteiger partial charge in [0.1, 0.15) is 0 Å². The van der Waals surface area contributed by atoms with E-state index < -0.39 is 10.8 Å². The van der Waals surface area contributed by atoms with Crippen LogP contribution in [0.15, 0.2) is 23.1 Å². The molecule has 1 atom stereocenters. The summed E-state index contributed by atoms with van der Waals surface area (Å²) in [6, 6.07) is 5.40. The van der Waals surface area contributed by atoms with Crippen molar-refractivity contribution in [1.29, 1.82) is 0 Å². The molecule has 1 aromatic carbocycles. The highest BCUT2D eigenvalue weighted by Gasteiger charge is 2.00. The van der Waals surface area contributed by atoms with Crippen LogP contribution in [0, 0.1) is 6.92 Å². The van der Waals surface area contributed by atoms with Gasteiger partial charge in [0, 0.05) is 16.8 Å². The number of benzene rings is 1. The van der Waals surface area contributed by atoms with Gasteiger partial charge in [0.2, 0.25) is 0 Å². The minimum atomic E-state index is -0.904. The van der Waals surface area contributed by atoms with Crippen LogP contribution >= 0.6 is 0 Å². The summed E-state index contributed by atoms with van der Waals surface area (Å²) in [5.74, 6) is 0. The summed E-state index contributed by atoms with van der Waals surface area (Å²) in [5.41, 5.74) is 7.24. The van der Waals surface area contributed by atoms with E-state index in [4.69, 9.17) is 5.73 Å². The van der Waals surface area contributed by atoms with E-state index in [1.54, 1.807) is 18.4 Å². The molecule has 0 aromatic heterocycles. The highest BCUT2D eigenvalue weighted by Crippen LogP contribution is 2.14. The Labute approximate surface area is 68.9 Å². The third-order valence-corrected chi connectivity index (χ3v) is 2.59. The molecule has 0 saturated carbocycles. The lowest BCUT2D eigenvalue weighted by Crippen LogP contribution is -1.93. The highest BCUT2D eigenvalue weighted by atomic mass is 32.2.